The number of nitrogens with one attached hydrogen (secondary N) is 1. The predicted molar refractivity (Wildman–Crippen MR) is 97.8 cm³/mol. The van der Waals surface area contributed by atoms with Gasteiger partial charge in [0, 0.05) is 21.3 Å². The zero-order valence-electron chi connectivity index (χ0n) is 12.9. The maximum Gasteiger partial charge on any atom is 0.237 e. The molecule has 0 saturated heterocycles. The number of halogens is 2. The first-order valence-electron chi connectivity index (χ1n) is 7.43. The molecule has 0 fully saturated rings. The molecule has 2 aromatic rings. The van der Waals surface area contributed by atoms with Gasteiger partial charge in [0.05, 0.1) is 5.75 Å². The molecule has 0 aliphatic heterocycles. The fourth-order valence-electron chi connectivity index (χ4n) is 2.20. The third-order valence-electron chi connectivity index (χ3n) is 3.44. The molecule has 0 bridgehead atoms. The molecule has 0 amide bonds. The highest BCUT2D eigenvalue weighted by atomic mass is 35.5. The first-order valence-corrected chi connectivity index (χ1v) is 9.84. The third kappa shape index (κ3) is 5.41. The van der Waals surface area contributed by atoms with Crippen molar-refractivity contribution in [2.45, 2.75) is 31.9 Å². The summed E-state index contributed by atoms with van der Waals surface area (Å²) in [5.74, 6) is -0.261. The first-order chi connectivity index (χ1) is 10.9. The van der Waals surface area contributed by atoms with Crippen LogP contribution in [0.15, 0.2) is 42.5 Å². The van der Waals surface area contributed by atoms with Crippen molar-refractivity contribution in [2.24, 2.45) is 0 Å². The molecule has 0 saturated carbocycles. The number of hydrogen-bond acceptors (Lipinski definition) is 2. The Morgan fingerprint density at radius 1 is 1.00 bits per heavy atom. The molecule has 124 valence electrons. The molecular formula is C17H19Cl2NO2S. The van der Waals surface area contributed by atoms with Crippen molar-refractivity contribution in [3.63, 3.8) is 0 Å². The number of benzene rings is 2. The Balaban J connectivity index is 2.09. The second-order valence-electron chi connectivity index (χ2n) is 5.36. The molecule has 0 radical (unpaired) electrons. The standard InChI is InChI=1S/C17H19Cl2NO2S/c1-2-3-5-13-8-10-14(11-9-13)20-23(21,22)12-15-16(18)6-4-7-17(15)19/h4,6-11,20H,2-3,5,12H2,1H3. The van der Waals surface area contributed by atoms with Gasteiger partial charge >= 0.3 is 0 Å². The molecular weight excluding hydrogens is 353 g/mol. The van der Waals surface area contributed by atoms with E-state index in [0.29, 0.717) is 21.3 Å². The van der Waals surface area contributed by atoms with Crippen LogP contribution in [-0.4, -0.2) is 8.42 Å². The van der Waals surface area contributed by atoms with Crippen molar-refractivity contribution in [1.29, 1.82) is 0 Å². The lowest BCUT2D eigenvalue weighted by atomic mass is 10.1. The largest absolute Gasteiger partial charge is 0.283 e. The van der Waals surface area contributed by atoms with Gasteiger partial charge in [0.25, 0.3) is 0 Å². The molecule has 2 rings (SSSR count). The van der Waals surface area contributed by atoms with E-state index in [4.69, 9.17) is 23.2 Å². The molecule has 1 N–H and O–H groups in total. The van der Waals surface area contributed by atoms with Gasteiger partial charge in [0.2, 0.25) is 10.0 Å². The van der Waals surface area contributed by atoms with Crippen LogP contribution in [0.1, 0.15) is 30.9 Å². The van der Waals surface area contributed by atoms with Crippen LogP contribution in [0.5, 0.6) is 0 Å². The van der Waals surface area contributed by atoms with Crippen LogP contribution < -0.4 is 4.72 Å². The Morgan fingerprint density at radius 3 is 2.17 bits per heavy atom. The second-order valence-corrected chi connectivity index (χ2v) is 7.90. The van der Waals surface area contributed by atoms with E-state index >= 15 is 0 Å². The van der Waals surface area contributed by atoms with Gasteiger partial charge < -0.3 is 0 Å². The van der Waals surface area contributed by atoms with Gasteiger partial charge in [-0.25, -0.2) is 8.42 Å². The van der Waals surface area contributed by atoms with Crippen LogP contribution in [0.4, 0.5) is 5.69 Å². The van der Waals surface area contributed by atoms with Crippen LogP contribution in [-0.2, 0) is 22.2 Å². The maximum atomic E-state index is 12.3. The molecule has 0 spiro atoms. The molecule has 0 heterocycles. The van der Waals surface area contributed by atoms with Crippen LogP contribution in [0.2, 0.25) is 10.0 Å². The number of rotatable bonds is 7. The van der Waals surface area contributed by atoms with E-state index in [1.807, 2.05) is 12.1 Å². The van der Waals surface area contributed by atoms with Gasteiger partial charge in [0.1, 0.15) is 0 Å². The average Bonchev–Trinajstić information content (AvgIpc) is 2.50. The van der Waals surface area contributed by atoms with Crippen LogP contribution in [0, 0.1) is 0 Å². The minimum absolute atomic E-state index is 0.261. The van der Waals surface area contributed by atoms with Gasteiger partial charge in [-0.3, -0.25) is 4.72 Å². The lowest BCUT2D eigenvalue weighted by Gasteiger charge is -2.11. The van der Waals surface area contributed by atoms with Crippen molar-refractivity contribution in [2.75, 3.05) is 4.72 Å². The van der Waals surface area contributed by atoms with E-state index < -0.39 is 10.0 Å². The van der Waals surface area contributed by atoms with E-state index in [1.165, 1.54) is 5.56 Å². The van der Waals surface area contributed by atoms with E-state index in [9.17, 15) is 8.42 Å². The van der Waals surface area contributed by atoms with Gasteiger partial charge in [-0.05, 0) is 42.7 Å². The van der Waals surface area contributed by atoms with Crippen molar-refractivity contribution >= 4 is 38.9 Å². The maximum absolute atomic E-state index is 12.3. The number of anilines is 1. The second kappa shape index (κ2) is 8.04. The van der Waals surface area contributed by atoms with Crippen molar-refractivity contribution in [3.05, 3.63) is 63.6 Å². The molecule has 0 aromatic heterocycles. The SMILES string of the molecule is CCCCc1ccc(NS(=O)(=O)Cc2c(Cl)cccc2Cl)cc1. The van der Waals surface area contributed by atoms with Crippen molar-refractivity contribution in [1.82, 2.24) is 0 Å². The molecule has 3 nitrogen and oxygen atoms in total. The highest BCUT2D eigenvalue weighted by Crippen LogP contribution is 2.26. The average molecular weight is 372 g/mol. The van der Waals surface area contributed by atoms with Crippen LogP contribution >= 0.6 is 23.2 Å². The summed E-state index contributed by atoms with van der Waals surface area (Å²) in [6, 6.07) is 12.4. The minimum Gasteiger partial charge on any atom is -0.283 e. The molecule has 2 aromatic carbocycles. The summed E-state index contributed by atoms with van der Waals surface area (Å²) < 4.78 is 27.2. The van der Waals surface area contributed by atoms with E-state index in [0.717, 1.165) is 19.3 Å². The van der Waals surface area contributed by atoms with Crippen molar-refractivity contribution < 1.29 is 8.42 Å². The summed E-state index contributed by atoms with van der Waals surface area (Å²) in [5, 5.41) is 0.690. The number of unbranched alkanes of at least 4 members (excludes halogenated alkanes) is 1. The smallest absolute Gasteiger partial charge is 0.237 e. The Kier molecular flexibility index (Phi) is 6.33. The minimum atomic E-state index is -3.58. The van der Waals surface area contributed by atoms with E-state index in [2.05, 4.69) is 11.6 Å². The molecule has 6 heteroatoms. The molecule has 0 atom stereocenters. The zero-order valence-corrected chi connectivity index (χ0v) is 15.2. The van der Waals surface area contributed by atoms with Gasteiger partial charge in [0.15, 0.2) is 0 Å². The Bertz CT molecular complexity index is 738. The third-order valence-corrected chi connectivity index (χ3v) is 5.37. The Hall–Kier alpha value is -1.23. The fraction of sp³-hybridized carbons (Fsp3) is 0.294. The normalized spacial score (nSPS) is 11.4. The summed E-state index contributed by atoms with van der Waals surface area (Å²) in [6.45, 7) is 2.14. The van der Waals surface area contributed by atoms with Crippen LogP contribution in [0.3, 0.4) is 0 Å². The summed E-state index contributed by atoms with van der Waals surface area (Å²) in [5.41, 5.74) is 2.14. The molecule has 23 heavy (non-hydrogen) atoms. The number of sulfonamides is 1. The summed E-state index contributed by atoms with van der Waals surface area (Å²) >= 11 is 12.1. The number of hydrogen-bond donors (Lipinski definition) is 1. The number of aryl methyl sites for hydroxylation is 1. The molecule has 0 aliphatic carbocycles. The lowest BCUT2D eigenvalue weighted by molar-refractivity contribution is 0.600. The van der Waals surface area contributed by atoms with Gasteiger partial charge in [-0.2, -0.15) is 0 Å². The van der Waals surface area contributed by atoms with Crippen molar-refractivity contribution in [3.8, 4) is 0 Å². The summed E-state index contributed by atoms with van der Waals surface area (Å²) in [6.07, 6.45) is 3.25. The fourth-order valence-corrected chi connectivity index (χ4v) is 4.14. The zero-order chi connectivity index (χ0) is 16.9. The van der Waals surface area contributed by atoms with Gasteiger partial charge in [-0.15, -0.1) is 0 Å². The lowest BCUT2D eigenvalue weighted by Crippen LogP contribution is -2.15. The summed E-state index contributed by atoms with van der Waals surface area (Å²) in [4.78, 5) is 0. The first kappa shape index (κ1) is 18.1. The monoisotopic (exact) mass is 371 g/mol. The molecule has 0 aliphatic rings. The Labute approximate surface area is 147 Å². The predicted octanol–water partition coefficient (Wildman–Crippen LogP) is 5.28. The molecule has 0 unspecified atom stereocenters. The van der Waals surface area contributed by atoms with Crippen LogP contribution in [0.25, 0.3) is 0 Å². The highest BCUT2D eigenvalue weighted by Gasteiger charge is 2.16. The Morgan fingerprint density at radius 2 is 1.61 bits per heavy atom. The van der Waals surface area contributed by atoms with E-state index in [-0.39, 0.29) is 5.75 Å². The topological polar surface area (TPSA) is 46.2 Å². The van der Waals surface area contributed by atoms with Gasteiger partial charge in [-0.1, -0.05) is 54.7 Å². The van der Waals surface area contributed by atoms with E-state index in [1.54, 1.807) is 30.3 Å². The summed E-state index contributed by atoms with van der Waals surface area (Å²) in [7, 11) is -3.58. The quantitative estimate of drug-likeness (QED) is 0.719. The highest BCUT2D eigenvalue weighted by molar-refractivity contribution is 7.91.